The molecule has 0 unspecified atom stereocenters. The van der Waals surface area contributed by atoms with Crippen LogP contribution < -0.4 is 16.6 Å². The van der Waals surface area contributed by atoms with Crippen molar-refractivity contribution in [1.82, 2.24) is 29.8 Å². The van der Waals surface area contributed by atoms with Gasteiger partial charge in [-0.05, 0) is 48.9 Å². The molecule has 4 aromatic rings. The number of aryl methyl sites for hydroxylation is 1. The van der Waals surface area contributed by atoms with Crippen molar-refractivity contribution in [3.8, 4) is 17.2 Å². The van der Waals surface area contributed by atoms with Crippen molar-refractivity contribution in [3.05, 3.63) is 91.7 Å². The van der Waals surface area contributed by atoms with Crippen molar-refractivity contribution in [3.63, 3.8) is 0 Å². The average Bonchev–Trinajstić information content (AvgIpc) is 3.32. The minimum Gasteiger partial charge on any atom is -0.352 e. The molecule has 2 aromatic carbocycles. The Morgan fingerprint density at radius 3 is 2.51 bits per heavy atom. The smallest absolute Gasteiger partial charge is 0.352 e. The number of benzene rings is 2. The lowest BCUT2D eigenvalue weighted by molar-refractivity contribution is -0.121. The molecule has 2 aromatic heterocycles. The molecule has 0 aliphatic rings. The summed E-state index contributed by atoms with van der Waals surface area (Å²) in [6, 6.07) is 12.2. The first-order valence-corrected chi connectivity index (χ1v) is 11.1. The minimum atomic E-state index is -0.660. The van der Waals surface area contributed by atoms with Gasteiger partial charge in [-0.25, -0.2) is 9.18 Å². The lowest BCUT2D eigenvalue weighted by atomic mass is 10.2. The fraction of sp³-hybridized carbons (Fsp3) is 0.217. The predicted molar refractivity (Wildman–Crippen MR) is 125 cm³/mol. The van der Waals surface area contributed by atoms with E-state index in [9.17, 15) is 18.8 Å². The van der Waals surface area contributed by atoms with E-state index >= 15 is 0 Å². The highest BCUT2D eigenvalue weighted by Gasteiger charge is 2.20. The Hall–Kier alpha value is -4.12. The third-order valence-corrected chi connectivity index (χ3v) is 5.35. The topological polar surface area (TPSA) is 125 Å². The summed E-state index contributed by atoms with van der Waals surface area (Å²) in [7, 11) is 0. The van der Waals surface area contributed by atoms with Gasteiger partial charge in [0.1, 0.15) is 5.82 Å². The lowest BCUT2D eigenvalue weighted by Gasteiger charge is -2.09. The fourth-order valence-corrected chi connectivity index (χ4v) is 3.37. The van der Waals surface area contributed by atoms with E-state index in [1.807, 2.05) is 0 Å². The molecular weight excluding hydrogens is 479 g/mol. The van der Waals surface area contributed by atoms with Crippen LogP contribution in [-0.4, -0.2) is 30.4 Å². The van der Waals surface area contributed by atoms with E-state index < -0.39 is 11.2 Å². The Kier molecular flexibility index (Phi) is 7.16. The normalized spacial score (nSPS) is 10.9. The van der Waals surface area contributed by atoms with Crippen LogP contribution in [0.3, 0.4) is 0 Å². The number of nitrogens with one attached hydrogen (secondary N) is 1. The Balaban J connectivity index is 1.50. The van der Waals surface area contributed by atoms with Gasteiger partial charge in [-0.3, -0.25) is 14.2 Å². The van der Waals surface area contributed by atoms with E-state index in [1.165, 1.54) is 12.1 Å². The van der Waals surface area contributed by atoms with Crippen molar-refractivity contribution in [2.45, 2.75) is 32.9 Å². The molecule has 0 radical (unpaired) electrons. The van der Waals surface area contributed by atoms with Gasteiger partial charge in [-0.1, -0.05) is 28.9 Å². The van der Waals surface area contributed by atoms with E-state index in [2.05, 4.69) is 20.6 Å². The molecule has 0 aliphatic heterocycles. The monoisotopic (exact) mass is 498 g/mol. The summed E-state index contributed by atoms with van der Waals surface area (Å²) in [4.78, 5) is 41.9. The van der Waals surface area contributed by atoms with Crippen molar-refractivity contribution < 1.29 is 13.7 Å². The third kappa shape index (κ3) is 5.52. The zero-order valence-electron chi connectivity index (χ0n) is 18.6. The van der Waals surface area contributed by atoms with Crippen LogP contribution in [0.15, 0.2) is 62.6 Å². The number of nitrogens with zero attached hydrogens (tertiary/aromatic N) is 5. The van der Waals surface area contributed by atoms with E-state index in [1.54, 1.807) is 43.3 Å². The second kappa shape index (κ2) is 10.4. The van der Waals surface area contributed by atoms with E-state index in [-0.39, 0.29) is 55.1 Å². The Morgan fingerprint density at radius 1 is 1.11 bits per heavy atom. The zero-order valence-corrected chi connectivity index (χ0v) is 19.3. The maximum Gasteiger partial charge on any atom is 0.352 e. The first-order chi connectivity index (χ1) is 16.9. The number of aromatic nitrogens is 5. The van der Waals surface area contributed by atoms with Crippen LogP contribution in [0, 0.1) is 5.82 Å². The predicted octanol–water partition coefficient (Wildman–Crippen LogP) is 2.51. The van der Waals surface area contributed by atoms with E-state index in [4.69, 9.17) is 16.1 Å². The summed E-state index contributed by atoms with van der Waals surface area (Å²) in [6.07, 6.45) is 0.181. The quantitative estimate of drug-likeness (QED) is 0.395. The molecular formula is C23H20ClFN6O4. The number of rotatable bonds is 8. The Bertz CT molecular complexity index is 1460. The van der Waals surface area contributed by atoms with Crippen molar-refractivity contribution in [2.24, 2.45) is 0 Å². The minimum absolute atomic E-state index is 0.0553. The van der Waals surface area contributed by atoms with Crippen LogP contribution in [-0.2, 0) is 24.3 Å². The lowest BCUT2D eigenvalue weighted by Crippen LogP contribution is -2.41. The molecule has 0 bridgehead atoms. The fourth-order valence-electron chi connectivity index (χ4n) is 3.25. The zero-order chi connectivity index (χ0) is 24.9. The summed E-state index contributed by atoms with van der Waals surface area (Å²) < 4.78 is 20.2. The summed E-state index contributed by atoms with van der Waals surface area (Å²) in [5.41, 5.74) is -0.285. The van der Waals surface area contributed by atoms with Crippen LogP contribution in [0.1, 0.15) is 24.8 Å². The van der Waals surface area contributed by atoms with E-state index in [0.717, 1.165) is 14.8 Å². The van der Waals surface area contributed by atoms with Crippen LogP contribution >= 0.6 is 11.6 Å². The number of hydrogen-bond donors (Lipinski definition) is 1. The Morgan fingerprint density at radius 2 is 1.83 bits per heavy atom. The van der Waals surface area contributed by atoms with Crippen LogP contribution in [0.5, 0.6) is 0 Å². The van der Waals surface area contributed by atoms with Gasteiger partial charge in [0.15, 0.2) is 5.69 Å². The van der Waals surface area contributed by atoms with Gasteiger partial charge in [0.25, 0.3) is 5.56 Å². The van der Waals surface area contributed by atoms with Gasteiger partial charge in [-0.15, -0.1) is 0 Å². The van der Waals surface area contributed by atoms with Gasteiger partial charge < -0.3 is 9.84 Å². The standard InChI is InChI=1S/C23H20ClFN6O4/c1-2-30-22(33)20(28-31(23(30)34)17-9-5-15(24)6-10-17)21-27-19(35-29-21)12-11-18(32)26-13-14-3-7-16(25)8-4-14/h3-10H,2,11-13H2,1H3,(H,26,32). The van der Waals surface area contributed by atoms with Crippen molar-refractivity contribution in [2.75, 3.05) is 0 Å². The maximum absolute atomic E-state index is 13.0. The van der Waals surface area contributed by atoms with Crippen molar-refractivity contribution >= 4 is 17.5 Å². The maximum atomic E-state index is 13.0. The van der Waals surface area contributed by atoms with E-state index in [0.29, 0.717) is 10.7 Å². The van der Waals surface area contributed by atoms with Gasteiger partial charge in [-0.2, -0.15) is 14.8 Å². The first-order valence-electron chi connectivity index (χ1n) is 10.7. The average molecular weight is 499 g/mol. The summed E-state index contributed by atoms with van der Waals surface area (Å²) in [5, 5.41) is 11.2. The van der Waals surface area contributed by atoms with Gasteiger partial charge >= 0.3 is 5.69 Å². The SMILES string of the molecule is CCn1c(=O)c(-c2noc(CCC(=O)NCc3ccc(F)cc3)n2)nn(-c2ccc(Cl)cc2)c1=O. The molecule has 35 heavy (non-hydrogen) atoms. The molecule has 2 heterocycles. The molecule has 12 heteroatoms. The third-order valence-electron chi connectivity index (χ3n) is 5.10. The number of carbonyl (C=O) groups is 1. The Labute approximate surface area is 203 Å². The summed E-state index contributed by atoms with van der Waals surface area (Å²) in [5.74, 6) is -0.583. The highest BCUT2D eigenvalue weighted by atomic mass is 35.5. The van der Waals surface area contributed by atoms with Crippen LogP contribution in [0.25, 0.3) is 17.2 Å². The second-order valence-corrected chi connectivity index (χ2v) is 7.92. The number of hydrogen-bond acceptors (Lipinski definition) is 7. The molecule has 10 nitrogen and oxygen atoms in total. The van der Waals surface area contributed by atoms with Gasteiger partial charge in [0.05, 0.1) is 5.69 Å². The molecule has 0 saturated carbocycles. The van der Waals surface area contributed by atoms with Crippen molar-refractivity contribution in [1.29, 1.82) is 0 Å². The van der Waals surface area contributed by atoms with Gasteiger partial charge in [0, 0.05) is 31.0 Å². The second-order valence-electron chi connectivity index (χ2n) is 7.48. The number of carbonyl (C=O) groups excluding carboxylic acids is 1. The van der Waals surface area contributed by atoms with Crippen LogP contribution in [0.2, 0.25) is 5.02 Å². The molecule has 1 amide bonds. The molecule has 0 fully saturated rings. The van der Waals surface area contributed by atoms with Gasteiger partial charge in [0.2, 0.25) is 17.6 Å². The highest BCUT2D eigenvalue weighted by molar-refractivity contribution is 6.30. The molecule has 4 rings (SSSR count). The molecule has 0 atom stereocenters. The number of halogens is 2. The molecule has 0 aliphatic carbocycles. The molecule has 1 N–H and O–H groups in total. The summed E-state index contributed by atoms with van der Waals surface area (Å²) >= 11 is 5.92. The molecule has 0 spiro atoms. The summed E-state index contributed by atoms with van der Waals surface area (Å²) in [6.45, 7) is 2.02. The largest absolute Gasteiger partial charge is 0.352 e. The molecule has 0 saturated heterocycles. The van der Waals surface area contributed by atoms with Crippen LogP contribution in [0.4, 0.5) is 4.39 Å². The molecule has 180 valence electrons. The number of amides is 1. The highest BCUT2D eigenvalue weighted by Crippen LogP contribution is 2.13. The first kappa shape index (κ1) is 24.0.